The van der Waals surface area contributed by atoms with Crippen molar-refractivity contribution in [1.29, 1.82) is 0 Å². The molecule has 21 heavy (non-hydrogen) atoms. The monoisotopic (exact) mass is 284 g/mol. The van der Waals surface area contributed by atoms with Crippen molar-refractivity contribution >= 4 is 17.3 Å². The van der Waals surface area contributed by atoms with Crippen molar-refractivity contribution in [2.24, 2.45) is 0 Å². The summed E-state index contributed by atoms with van der Waals surface area (Å²) in [5.41, 5.74) is 10.0. The van der Waals surface area contributed by atoms with Gasteiger partial charge in [0.25, 0.3) is 0 Å². The number of nitrogens with zero attached hydrogens (tertiary/aromatic N) is 1. The first-order valence-corrected chi connectivity index (χ1v) is 6.94. The summed E-state index contributed by atoms with van der Waals surface area (Å²) < 4.78 is 0. The van der Waals surface area contributed by atoms with Crippen LogP contribution in [0.25, 0.3) is 0 Å². The molecule has 0 fully saturated rings. The van der Waals surface area contributed by atoms with E-state index in [1.54, 1.807) is 12.1 Å². The molecular formula is C17H20N2O2. The van der Waals surface area contributed by atoms with Gasteiger partial charge < -0.3 is 15.7 Å². The second kappa shape index (κ2) is 6.31. The molecule has 0 spiro atoms. The molecule has 2 aromatic carbocycles. The van der Waals surface area contributed by atoms with Crippen molar-refractivity contribution in [3.05, 3.63) is 59.2 Å². The van der Waals surface area contributed by atoms with Crippen molar-refractivity contribution in [2.45, 2.75) is 20.4 Å². The van der Waals surface area contributed by atoms with Crippen LogP contribution in [0, 0.1) is 6.92 Å². The number of carboxylic acid groups (broad SMARTS) is 1. The smallest absolute Gasteiger partial charge is 0.335 e. The average Bonchev–Trinajstić information content (AvgIpc) is 2.45. The molecular weight excluding hydrogens is 264 g/mol. The summed E-state index contributed by atoms with van der Waals surface area (Å²) >= 11 is 0. The van der Waals surface area contributed by atoms with Crippen molar-refractivity contribution < 1.29 is 9.90 Å². The van der Waals surface area contributed by atoms with E-state index in [9.17, 15) is 4.79 Å². The molecule has 2 rings (SSSR count). The van der Waals surface area contributed by atoms with Gasteiger partial charge in [-0.1, -0.05) is 29.8 Å². The number of hydrogen-bond acceptors (Lipinski definition) is 3. The second-order valence-electron chi connectivity index (χ2n) is 5.08. The molecule has 4 nitrogen and oxygen atoms in total. The quantitative estimate of drug-likeness (QED) is 0.827. The molecule has 2 aromatic rings. The molecule has 0 amide bonds. The summed E-state index contributed by atoms with van der Waals surface area (Å²) in [4.78, 5) is 13.1. The molecule has 0 bridgehead atoms. The van der Waals surface area contributed by atoms with Gasteiger partial charge in [-0.05, 0) is 37.6 Å². The summed E-state index contributed by atoms with van der Waals surface area (Å²) in [7, 11) is 0. The number of carbonyl (C=O) groups is 1. The van der Waals surface area contributed by atoms with Crippen LogP contribution in [0.5, 0.6) is 0 Å². The highest BCUT2D eigenvalue weighted by Crippen LogP contribution is 2.26. The fraction of sp³-hybridized carbons (Fsp3) is 0.235. The zero-order chi connectivity index (χ0) is 15.4. The molecule has 0 radical (unpaired) electrons. The van der Waals surface area contributed by atoms with E-state index in [0.717, 1.165) is 18.8 Å². The minimum Gasteiger partial charge on any atom is -0.478 e. The first-order valence-electron chi connectivity index (χ1n) is 6.94. The number of hydrogen-bond donors (Lipinski definition) is 2. The van der Waals surface area contributed by atoms with Crippen molar-refractivity contribution in [1.82, 2.24) is 0 Å². The fourth-order valence-corrected chi connectivity index (χ4v) is 2.37. The lowest BCUT2D eigenvalue weighted by Gasteiger charge is -2.25. The Balaban J connectivity index is 2.27. The zero-order valence-electron chi connectivity index (χ0n) is 12.3. The first kappa shape index (κ1) is 14.9. The summed E-state index contributed by atoms with van der Waals surface area (Å²) in [6.07, 6.45) is 0. The number of nitrogen functional groups attached to an aromatic ring is 1. The maximum atomic E-state index is 11.0. The molecule has 0 saturated carbocycles. The highest BCUT2D eigenvalue weighted by Gasteiger charge is 2.11. The minimum absolute atomic E-state index is 0.211. The highest BCUT2D eigenvalue weighted by atomic mass is 16.4. The SMILES string of the molecule is CCN(Cc1cccc(C)c1)c1ccc(C(=O)O)cc1N. The normalized spacial score (nSPS) is 10.4. The lowest BCUT2D eigenvalue weighted by molar-refractivity contribution is 0.0697. The second-order valence-corrected chi connectivity index (χ2v) is 5.08. The van der Waals surface area contributed by atoms with Gasteiger partial charge in [-0.15, -0.1) is 0 Å². The Morgan fingerprint density at radius 1 is 1.24 bits per heavy atom. The maximum Gasteiger partial charge on any atom is 0.335 e. The molecule has 0 aliphatic carbocycles. The Labute approximate surface area is 124 Å². The van der Waals surface area contributed by atoms with Gasteiger partial charge in [-0.2, -0.15) is 0 Å². The summed E-state index contributed by atoms with van der Waals surface area (Å²) in [5, 5.41) is 8.99. The van der Waals surface area contributed by atoms with E-state index in [1.807, 2.05) is 6.07 Å². The molecule has 0 aliphatic rings. The molecule has 0 atom stereocenters. The minimum atomic E-state index is -0.963. The standard InChI is InChI=1S/C17H20N2O2/c1-3-19(11-13-6-4-5-12(2)9-13)16-8-7-14(17(20)21)10-15(16)18/h4-10H,3,11,18H2,1-2H3,(H,20,21). The number of nitrogens with two attached hydrogens (primary N) is 1. The van der Waals surface area contributed by atoms with Crippen LogP contribution in [0.1, 0.15) is 28.4 Å². The summed E-state index contributed by atoms with van der Waals surface area (Å²) in [6.45, 7) is 5.66. The number of benzene rings is 2. The van der Waals surface area contributed by atoms with Crippen LogP contribution in [-0.4, -0.2) is 17.6 Å². The fourth-order valence-electron chi connectivity index (χ4n) is 2.37. The maximum absolute atomic E-state index is 11.0. The van der Waals surface area contributed by atoms with Gasteiger partial charge in [0.15, 0.2) is 0 Å². The Hall–Kier alpha value is -2.49. The van der Waals surface area contributed by atoms with Crippen molar-refractivity contribution in [3.63, 3.8) is 0 Å². The van der Waals surface area contributed by atoms with Crippen LogP contribution in [-0.2, 0) is 6.54 Å². The van der Waals surface area contributed by atoms with Crippen molar-refractivity contribution in [2.75, 3.05) is 17.2 Å². The third-order valence-corrected chi connectivity index (χ3v) is 3.45. The van der Waals surface area contributed by atoms with Crippen LogP contribution >= 0.6 is 0 Å². The largest absolute Gasteiger partial charge is 0.478 e. The highest BCUT2D eigenvalue weighted by molar-refractivity contribution is 5.90. The van der Waals surface area contributed by atoms with Gasteiger partial charge in [-0.25, -0.2) is 4.79 Å². The molecule has 0 aromatic heterocycles. The predicted octanol–water partition coefficient (Wildman–Crippen LogP) is 3.30. The zero-order valence-corrected chi connectivity index (χ0v) is 12.3. The van der Waals surface area contributed by atoms with E-state index < -0.39 is 5.97 Å². The summed E-state index contributed by atoms with van der Waals surface area (Å²) in [6, 6.07) is 13.2. The Bertz CT molecular complexity index is 653. The van der Waals surface area contributed by atoms with Gasteiger partial charge >= 0.3 is 5.97 Å². The van der Waals surface area contributed by atoms with Gasteiger partial charge in [0.1, 0.15) is 0 Å². The summed E-state index contributed by atoms with van der Waals surface area (Å²) in [5.74, 6) is -0.963. The molecule has 3 N–H and O–H groups in total. The lowest BCUT2D eigenvalue weighted by atomic mass is 10.1. The van der Waals surface area contributed by atoms with E-state index in [-0.39, 0.29) is 5.56 Å². The predicted molar refractivity (Wildman–Crippen MR) is 85.7 cm³/mol. The van der Waals surface area contributed by atoms with Crippen LogP contribution in [0.15, 0.2) is 42.5 Å². The van der Waals surface area contributed by atoms with E-state index in [1.165, 1.54) is 17.2 Å². The van der Waals surface area contributed by atoms with E-state index in [2.05, 4.69) is 36.9 Å². The molecule has 0 saturated heterocycles. The number of anilines is 2. The van der Waals surface area contributed by atoms with E-state index in [0.29, 0.717) is 5.69 Å². The third-order valence-electron chi connectivity index (χ3n) is 3.45. The van der Waals surface area contributed by atoms with Gasteiger partial charge in [0.2, 0.25) is 0 Å². The van der Waals surface area contributed by atoms with Gasteiger partial charge in [0, 0.05) is 13.1 Å². The Morgan fingerprint density at radius 3 is 2.57 bits per heavy atom. The number of carboxylic acids is 1. The van der Waals surface area contributed by atoms with Crippen molar-refractivity contribution in [3.8, 4) is 0 Å². The third kappa shape index (κ3) is 3.54. The Morgan fingerprint density at radius 2 is 2.00 bits per heavy atom. The van der Waals surface area contributed by atoms with Crippen LogP contribution in [0.4, 0.5) is 11.4 Å². The van der Waals surface area contributed by atoms with Gasteiger partial charge in [-0.3, -0.25) is 0 Å². The number of rotatable bonds is 5. The van der Waals surface area contributed by atoms with Crippen LogP contribution in [0.3, 0.4) is 0 Å². The molecule has 0 heterocycles. The molecule has 0 unspecified atom stereocenters. The van der Waals surface area contributed by atoms with E-state index >= 15 is 0 Å². The number of aryl methyl sites for hydroxylation is 1. The van der Waals surface area contributed by atoms with Crippen LogP contribution in [0.2, 0.25) is 0 Å². The van der Waals surface area contributed by atoms with Crippen LogP contribution < -0.4 is 10.6 Å². The lowest BCUT2D eigenvalue weighted by Crippen LogP contribution is -2.23. The van der Waals surface area contributed by atoms with Gasteiger partial charge in [0.05, 0.1) is 16.9 Å². The first-order chi connectivity index (χ1) is 10.0. The molecule has 4 heteroatoms. The topological polar surface area (TPSA) is 66.6 Å². The average molecular weight is 284 g/mol. The number of aromatic carboxylic acids is 1. The van der Waals surface area contributed by atoms with E-state index in [4.69, 9.17) is 10.8 Å². The molecule has 0 aliphatic heterocycles. The molecule has 110 valence electrons. The Kier molecular flexibility index (Phi) is 4.48.